The van der Waals surface area contributed by atoms with Gasteiger partial charge in [0.05, 0.1) is 31.3 Å². The Bertz CT molecular complexity index is 1070. The van der Waals surface area contributed by atoms with E-state index < -0.39 is 17.9 Å². The first-order chi connectivity index (χ1) is 15.8. The van der Waals surface area contributed by atoms with Crippen LogP contribution < -0.4 is 9.47 Å². The minimum atomic E-state index is -1.15. The van der Waals surface area contributed by atoms with Gasteiger partial charge < -0.3 is 24.6 Å². The molecule has 1 aliphatic rings. The van der Waals surface area contributed by atoms with Crippen molar-refractivity contribution in [2.75, 3.05) is 20.8 Å². The molecule has 0 spiro atoms. The van der Waals surface area contributed by atoms with E-state index in [1.54, 1.807) is 32.0 Å². The van der Waals surface area contributed by atoms with Gasteiger partial charge in [-0.2, -0.15) is 0 Å². The third-order valence-electron chi connectivity index (χ3n) is 6.06. The Labute approximate surface area is 193 Å². The standard InChI is InChI=1S/C26H29NO6/c1-16-22(25(28)29)24(19-12-13-20(32-3)21(15-19)33-4)23(26(30)31)17(2)27(16)14-8-11-18-9-6-5-7-10-18/h5-7,9-10,12-13,15,24H,8,11,14H2,1-4H3,(H,28,29)(H,30,31). The maximum Gasteiger partial charge on any atom is 0.334 e. The summed E-state index contributed by atoms with van der Waals surface area (Å²) in [5, 5.41) is 20.2. The van der Waals surface area contributed by atoms with Gasteiger partial charge in [-0.15, -0.1) is 0 Å². The number of benzene rings is 2. The molecule has 0 saturated carbocycles. The lowest BCUT2D eigenvalue weighted by Crippen LogP contribution is -2.35. The first-order valence-corrected chi connectivity index (χ1v) is 10.7. The Morgan fingerprint density at radius 2 is 1.45 bits per heavy atom. The third-order valence-corrected chi connectivity index (χ3v) is 6.06. The van der Waals surface area contributed by atoms with E-state index in [2.05, 4.69) is 0 Å². The summed E-state index contributed by atoms with van der Waals surface area (Å²) in [5.41, 5.74) is 2.87. The van der Waals surface area contributed by atoms with Crippen LogP contribution in [0.15, 0.2) is 71.1 Å². The van der Waals surface area contributed by atoms with E-state index in [4.69, 9.17) is 9.47 Å². The summed E-state index contributed by atoms with van der Waals surface area (Å²) in [6, 6.07) is 15.0. The quantitative estimate of drug-likeness (QED) is 0.581. The van der Waals surface area contributed by atoms with Crippen LogP contribution in [0.1, 0.15) is 37.3 Å². The topological polar surface area (TPSA) is 96.3 Å². The highest BCUT2D eigenvalue weighted by Gasteiger charge is 2.39. The fourth-order valence-electron chi connectivity index (χ4n) is 4.45. The number of hydrogen-bond acceptors (Lipinski definition) is 5. The van der Waals surface area contributed by atoms with Gasteiger partial charge in [0.25, 0.3) is 0 Å². The number of carboxylic acid groups (broad SMARTS) is 2. The Kier molecular flexibility index (Phi) is 7.43. The molecular weight excluding hydrogens is 422 g/mol. The first-order valence-electron chi connectivity index (χ1n) is 10.7. The van der Waals surface area contributed by atoms with Crippen molar-refractivity contribution in [3.8, 4) is 11.5 Å². The Balaban J connectivity index is 2.04. The van der Waals surface area contributed by atoms with Crippen LogP contribution in [-0.4, -0.2) is 47.8 Å². The maximum absolute atomic E-state index is 12.4. The Morgan fingerprint density at radius 1 is 0.879 bits per heavy atom. The van der Waals surface area contributed by atoms with Crippen molar-refractivity contribution in [1.29, 1.82) is 0 Å². The number of ether oxygens (including phenoxy) is 2. The molecule has 33 heavy (non-hydrogen) atoms. The fourth-order valence-corrected chi connectivity index (χ4v) is 4.45. The molecule has 1 heterocycles. The van der Waals surface area contributed by atoms with E-state index >= 15 is 0 Å². The number of methoxy groups -OCH3 is 2. The molecule has 0 radical (unpaired) electrons. The highest BCUT2D eigenvalue weighted by molar-refractivity contribution is 5.98. The molecule has 2 aromatic carbocycles. The lowest BCUT2D eigenvalue weighted by Gasteiger charge is -2.37. The zero-order chi connectivity index (χ0) is 24.1. The Morgan fingerprint density at radius 3 is 1.97 bits per heavy atom. The maximum atomic E-state index is 12.4. The molecular formula is C26H29NO6. The molecule has 0 bridgehead atoms. The molecule has 0 saturated heterocycles. The number of allylic oxidation sites excluding steroid dienone is 2. The molecule has 7 nitrogen and oxygen atoms in total. The van der Waals surface area contributed by atoms with E-state index in [9.17, 15) is 19.8 Å². The number of nitrogens with zero attached hydrogens (tertiary/aromatic N) is 1. The zero-order valence-corrected chi connectivity index (χ0v) is 19.3. The van der Waals surface area contributed by atoms with Gasteiger partial charge in [0, 0.05) is 17.9 Å². The zero-order valence-electron chi connectivity index (χ0n) is 19.3. The smallest absolute Gasteiger partial charge is 0.334 e. The van der Waals surface area contributed by atoms with Crippen molar-refractivity contribution in [2.45, 2.75) is 32.6 Å². The van der Waals surface area contributed by atoms with Crippen LogP contribution in [0, 0.1) is 0 Å². The number of hydrogen-bond donors (Lipinski definition) is 2. The molecule has 0 fully saturated rings. The summed E-state index contributed by atoms with van der Waals surface area (Å²) in [6.45, 7) is 3.99. The second-order valence-electron chi connectivity index (χ2n) is 7.90. The molecule has 1 aliphatic heterocycles. The molecule has 174 valence electrons. The lowest BCUT2D eigenvalue weighted by molar-refractivity contribution is -0.133. The lowest BCUT2D eigenvalue weighted by atomic mass is 9.79. The number of aryl methyl sites for hydroxylation is 1. The molecule has 0 unspecified atom stereocenters. The van der Waals surface area contributed by atoms with Crippen LogP contribution in [0.2, 0.25) is 0 Å². The van der Waals surface area contributed by atoms with Gasteiger partial charge in [0.1, 0.15) is 0 Å². The summed E-state index contributed by atoms with van der Waals surface area (Å²) < 4.78 is 10.6. The van der Waals surface area contributed by atoms with Crippen molar-refractivity contribution in [3.05, 3.63) is 82.2 Å². The third kappa shape index (κ3) is 4.87. The van der Waals surface area contributed by atoms with Crippen LogP contribution in [0.25, 0.3) is 0 Å². The minimum absolute atomic E-state index is 0.0462. The largest absolute Gasteiger partial charge is 0.493 e. The summed E-state index contributed by atoms with van der Waals surface area (Å²) >= 11 is 0. The van der Waals surface area contributed by atoms with Crippen molar-refractivity contribution in [1.82, 2.24) is 4.90 Å². The molecule has 2 N–H and O–H groups in total. The summed E-state index contributed by atoms with van der Waals surface area (Å²) in [7, 11) is 2.99. The normalized spacial score (nSPS) is 14.5. The van der Waals surface area contributed by atoms with E-state index in [1.807, 2.05) is 35.2 Å². The highest BCUT2D eigenvalue weighted by atomic mass is 16.5. The molecule has 2 aromatic rings. The van der Waals surface area contributed by atoms with Crippen LogP contribution in [0.4, 0.5) is 0 Å². The van der Waals surface area contributed by atoms with E-state index in [0.717, 1.165) is 12.8 Å². The average Bonchev–Trinajstić information content (AvgIpc) is 2.80. The van der Waals surface area contributed by atoms with Gasteiger partial charge >= 0.3 is 11.9 Å². The average molecular weight is 452 g/mol. The van der Waals surface area contributed by atoms with Crippen molar-refractivity contribution in [2.24, 2.45) is 0 Å². The summed E-state index contributed by atoms with van der Waals surface area (Å²) in [5.74, 6) is -2.34. The molecule has 0 aliphatic carbocycles. The second-order valence-corrected chi connectivity index (χ2v) is 7.90. The number of aliphatic carboxylic acids is 2. The Hall–Kier alpha value is -3.74. The highest BCUT2D eigenvalue weighted by Crippen LogP contribution is 2.44. The SMILES string of the molecule is COc1ccc(C2C(C(=O)O)=C(C)N(CCCc3ccccc3)C(C)=C2C(=O)O)cc1OC. The molecule has 0 aromatic heterocycles. The van der Waals surface area contributed by atoms with Gasteiger partial charge in [-0.3, -0.25) is 0 Å². The predicted molar refractivity (Wildman–Crippen MR) is 124 cm³/mol. The van der Waals surface area contributed by atoms with E-state index in [1.165, 1.54) is 19.8 Å². The van der Waals surface area contributed by atoms with Crippen LogP contribution in [0.3, 0.4) is 0 Å². The first kappa shape index (κ1) is 23.9. The van der Waals surface area contributed by atoms with Gasteiger partial charge in [0.2, 0.25) is 0 Å². The number of carboxylic acids is 2. The van der Waals surface area contributed by atoms with Gasteiger partial charge in [-0.1, -0.05) is 36.4 Å². The summed E-state index contributed by atoms with van der Waals surface area (Å²) in [6.07, 6.45) is 1.56. The van der Waals surface area contributed by atoms with Gasteiger partial charge in [-0.05, 0) is 49.9 Å². The van der Waals surface area contributed by atoms with Crippen molar-refractivity contribution >= 4 is 11.9 Å². The van der Waals surface area contributed by atoms with Crippen LogP contribution in [0.5, 0.6) is 11.5 Å². The molecule has 0 atom stereocenters. The van der Waals surface area contributed by atoms with Crippen molar-refractivity contribution < 1.29 is 29.3 Å². The van der Waals surface area contributed by atoms with E-state index in [0.29, 0.717) is 35.0 Å². The monoisotopic (exact) mass is 451 g/mol. The van der Waals surface area contributed by atoms with Crippen molar-refractivity contribution in [3.63, 3.8) is 0 Å². The molecule has 0 amide bonds. The number of carbonyl (C=O) groups is 2. The summed E-state index contributed by atoms with van der Waals surface area (Å²) in [4.78, 5) is 26.6. The van der Waals surface area contributed by atoms with E-state index in [-0.39, 0.29) is 11.1 Å². The van der Waals surface area contributed by atoms with Gasteiger partial charge in [-0.25, -0.2) is 9.59 Å². The minimum Gasteiger partial charge on any atom is -0.493 e. The van der Waals surface area contributed by atoms with Crippen LogP contribution in [-0.2, 0) is 16.0 Å². The second kappa shape index (κ2) is 10.3. The molecule has 3 rings (SSSR count). The molecule has 7 heteroatoms. The predicted octanol–water partition coefficient (Wildman–Crippen LogP) is 4.45. The van der Waals surface area contributed by atoms with Gasteiger partial charge in [0.15, 0.2) is 11.5 Å². The fraction of sp³-hybridized carbons (Fsp3) is 0.308. The number of rotatable bonds is 9. The van der Waals surface area contributed by atoms with Crippen LogP contribution >= 0.6 is 0 Å².